The molecule has 2 aliphatic rings. The lowest BCUT2D eigenvalue weighted by Crippen LogP contribution is -2.53. The summed E-state index contributed by atoms with van der Waals surface area (Å²) in [6.07, 6.45) is 9.84. The number of aliphatic hydroxyl groups is 1. The minimum Gasteiger partial charge on any atom is -0.396 e. The fourth-order valence-corrected chi connectivity index (χ4v) is 4.87. The van der Waals surface area contributed by atoms with E-state index in [1.54, 1.807) is 41.7 Å². The van der Waals surface area contributed by atoms with Crippen LogP contribution in [0.4, 0.5) is 5.69 Å². The van der Waals surface area contributed by atoms with E-state index < -0.39 is 18.0 Å². The van der Waals surface area contributed by atoms with E-state index in [0.717, 1.165) is 5.56 Å². The van der Waals surface area contributed by atoms with Gasteiger partial charge in [0.25, 0.3) is 5.91 Å². The van der Waals surface area contributed by atoms with E-state index in [0.29, 0.717) is 62.9 Å². The SMILES string of the molecule is O=C(NCC(=O)N1CCC[C@H]1C(=O)N1CCC[C@H]1C(=O)Nc1cccnc1)c1cncc(CCCO)c1. The summed E-state index contributed by atoms with van der Waals surface area (Å²) < 4.78 is 0. The van der Waals surface area contributed by atoms with Gasteiger partial charge >= 0.3 is 0 Å². The second-order valence-electron chi connectivity index (χ2n) is 9.26. The number of anilines is 1. The number of nitrogens with one attached hydrogen (secondary N) is 2. The molecule has 4 rings (SSSR count). The van der Waals surface area contributed by atoms with Crippen molar-refractivity contribution in [2.24, 2.45) is 0 Å². The van der Waals surface area contributed by atoms with Crippen LogP contribution in [0.3, 0.4) is 0 Å². The number of hydrogen-bond donors (Lipinski definition) is 3. The first-order valence-corrected chi connectivity index (χ1v) is 12.6. The first-order chi connectivity index (χ1) is 18.0. The summed E-state index contributed by atoms with van der Waals surface area (Å²) in [5, 5.41) is 14.4. The van der Waals surface area contributed by atoms with Crippen LogP contribution in [0.2, 0.25) is 0 Å². The highest BCUT2D eigenvalue weighted by molar-refractivity contribution is 5.99. The van der Waals surface area contributed by atoms with Crippen LogP contribution in [0, 0.1) is 0 Å². The highest BCUT2D eigenvalue weighted by Crippen LogP contribution is 2.25. The normalized spacial score (nSPS) is 19.1. The molecule has 2 saturated heterocycles. The minimum atomic E-state index is -0.653. The molecule has 0 spiro atoms. The van der Waals surface area contributed by atoms with Crippen LogP contribution in [-0.2, 0) is 20.8 Å². The van der Waals surface area contributed by atoms with Crippen molar-refractivity contribution in [3.8, 4) is 0 Å². The molecule has 4 heterocycles. The van der Waals surface area contributed by atoms with E-state index in [1.165, 1.54) is 11.1 Å². The topological polar surface area (TPSA) is 145 Å². The smallest absolute Gasteiger partial charge is 0.253 e. The van der Waals surface area contributed by atoms with Gasteiger partial charge in [-0.25, -0.2) is 0 Å². The molecule has 3 N–H and O–H groups in total. The zero-order chi connectivity index (χ0) is 26.2. The number of amides is 4. The summed E-state index contributed by atoms with van der Waals surface area (Å²) in [6.45, 7) is 0.685. The van der Waals surface area contributed by atoms with Gasteiger partial charge in [-0.3, -0.25) is 29.1 Å². The van der Waals surface area contributed by atoms with Crippen LogP contribution in [0.15, 0.2) is 43.0 Å². The highest BCUT2D eigenvalue weighted by Gasteiger charge is 2.42. The van der Waals surface area contributed by atoms with Crippen LogP contribution in [0.25, 0.3) is 0 Å². The Labute approximate surface area is 215 Å². The Morgan fingerprint density at radius 1 is 1.00 bits per heavy atom. The Kier molecular flexibility index (Phi) is 8.78. The van der Waals surface area contributed by atoms with Gasteiger partial charge in [0.1, 0.15) is 12.1 Å². The van der Waals surface area contributed by atoms with Crippen LogP contribution in [0.1, 0.15) is 48.0 Å². The third-order valence-corrected chi connectivity index (χ3v) is 6.71. The number of hydrogen-bond acceptors (Lipinski definition) is 7. The Morgan fingerprint density at radius 2 is 1.78 bits per heavy atom. The number of aromatic nitrogens is 2. The molecule has 11 heteroatoms. The van der Waals surface area contributed by atoms with Gasteiger partial charge in [0.05, 0.1) is 24.0 Å². The van der Waals surface area contributed by atoms with Crippen molar-refractivity contribution in [2.75, 3.05) is 31.6 Å². The number of carbonyl (C=O) groups is 4. The largest absolute Gasteiger partial charge is 0.396 e. The van der Waals surface area contributed by atoms with Gasteiger partial charge in [-0.05, 0) is 62.3 Å². The summed E-state index contributed by atoms with van der Waals surface area (Å²) in [5.74, 6) is -1.27. The Balaban J connectivity index is 1.34. The van der Waals surface area contributed by atoms with Crippen molar-refractivity contribution in [1.82, 2.24) is 25.1 Å². The minimum absolute atomic E-state index is 0.0496. The summed E-state index contributed by atoms with van der Waals surface area (Å²) >= 11 is 0. The number of aliphatic hydroxyl groups excluding tert-OH is 1. The second-order valence-corrected chi connectivity index (χ2v) is 9.26. The third-order valence-electron chi connectivity index (χ3n) is 6.71. The second kappa shape index (κ2) is 12.4. The number of rotatable bonds is 9. The molecule has 0 aromatic carbocycles. The maximum atomic E-state index is 13.4. The number of likely N-dealkylation sites (tertiary alicyclic amines) is 2. The van der Waals surface area contributed by atoms with Crippen molar-refractivity contribution >= 4 is 29.3 Å². The average Bonchev–Trinajstić information content (AvgIpc) is 3.61. The van der Waals surface area contributed by atoms with Crippen molar-refractivity contribution in [2.45, 2.75) is 50.6 Å². The van der Waals surface area contributed by atoms with Crippen LogP contribution >= 0.6 is 0 Å². The monoisotopic (exact) mass is 508 g/mol. The number of pyridine rings is 2. The lowest BCUT2D eigenvalue weighted by atomic mass is 10.1. The quantitative estimate of drug-likeness (QED) is 0.453. The maximum Gasteiger partial charge on any atom is 0.253 e. The van der Waals surface area contributed by atoms with Gasteiger partial charge in [-0.1, -0.05) is 0 Å². The van der Waals surface area contributed by atoms with Crippen LogP contribution in [-0.4, -0.2) is 86.8 Å². The first kappa shape index (κ1) is 26.2. The zero-order valence-electron chi connectivity index (χ0n) is 20.6. The average molecular weight is 509 g/mol. The van der Waals surface area contributed by atoms with Crippen LogP contribution < -0.4 is 10.6 Å². The fourth-order valence-electron chi connectivity index (χ4n) is 4.87. The van der Waals surface area contributed by atoms with E-state index >= 15 is 0 Å². The lowest BCUT2D eigenvalue weighted by Gasteiger charge is -2.31. The molecule has 0 radical (unpaired) electrons. The molecule has 2 aliphatic heterocycles. The van der Waals surface area contributed by atoms with E-state index in [2.05, 4.69) is 20.6 Å². The Bertz CT molecular complexity index is 1130. The van der Waals surface area contributed by atoms with Gasteiger partial charge < -0.3 is 25.5 Å². The van der Waals surface area contributed by atoms with Crippen molar-refractivity contribution in [3.05, 3.63) is 54.1 Å². The molecular weight excluding hydrogens is 476 g/mol. The lowest BCUT2D eigenvalue weighted by molar-refractivity contribution is -0.145. The number of nitrogens with zero attached hydrogens (tertiary/aromatic N) is 4. The predicted molar refractivity (Wildman–Crippen MR) is 134 cm³/mol. The highest BCUT2D eigenvalue weighted by atomic mass is 16.3. The van der Waals surface area contributed by atoms with Crippen molar-refractivity contribution in [3.63, 3.8) is 0 Å². The molecule has 0 bridgehead atoms. The Hall–Kier alpha value is -3.86. The standard InChI is InChI=1S/C26H32N6O5/c33-12-4-5-18-13-19(15-28-14-18)24(35)29-17-23(34)31-10-3-8-22(31)26(37)32-11-2-7-21(32)25(36)30-20-6-1-9-27-16-20/h1,6,9,13-16,21-22,33H,2-5,7-8,10-12,17H2,(H,29,35)(H,30,36)/t21-,22-/m0/s1. The molecule has 0 aliphatic carbocycles. The van der Waals surface area contributed by atoms with Gasteiger partial charge in [-0.15, -0.1) is 0 Å². The molecule has 196 valence electrons. The molecule has 2 fully saturated rings. The first-order valence-electron chi connectivity index (χ1n) is 12.6. The van der Waals surface area contributed by atoms with Gasteiger partial charge in [0, 0.05) is 38.3 Å². The molecule has 2 aromatic heterocycles. The molecule has 2 atom stereocenters. The molecule has 0 unspecified atom stereocenters. The Morgan fingerprint density at radius 3 is 2.54 bits per heavy atom. The zero-order valence-corrected chi connectivity index (χ0v) is 20.6. The molecule has 0 saturated carbocycles. The van der Waals surface area contributed by atoms with Crippen LogP contribution in [0.5, 0.6) is 0 Å². The summed E-state index contributed by atoms with van der Waals surface area (Å²) in [7, 11) is 0. The third kappa shape index (κ3) is 6.48. The van der Waals surface area contributed by atoms with E-state index in [-0.39, 0.29) is 30.9 Å². The summed E-state index contributed by atoms with van der Waals surface area (Å²) in [4.78, 5) is 63.0. The van der Waals surface area contributed by atoms with Gasteiger partial charge in [0.2, 0.25) is 17.7 Å². The fraction of sp³-hybridized carbons (Fsp3) is 0.462. The van der Waals surface area contributed by atoms with Gasteiger partial charge in [0.15, 0.2) is 0 Å². The summed E-state index contributed by atoms with van der Waals surface area (Å²) in [6, 6.07) is 3.89. The maximum absolute atomic E-state index is 13.4. The van der Waals surface area contributed by atoms with E-state index in [4.69, 9.17) is 5.11 Å². The molecule has 37 heavy (non-hydrogen) atoms. The predicted octanol–water partition coefficient (Wildman–Crippen LogP) is 0.752. The molecular formula is C26H32N6O5. The van der Waals surface area contributed by atoms with E-state index in [1.807, 2.05) is 0 Å². The van der Waals surface area contributed by atoms with Crippen molar-refractivity contribution in [1.29, 1.82) is 0 Å². The molecule has 11 nitrogen and oxygen atoms in total. The van der Waals surface area contributed by atoms with Gasteiger partial charge in [-0.2, -0.15) is 0 Å². The number of aryl methyl sites for hydroxylation is 1. The molecule has 2 aromatic rings. The van der Waals surface area contributed by atoms with E-state index in [9.17, 15) is 19.2 Å². The number of carbonyl (C=O) groups excluding carboxylic acids is 4. The molecule has 4 amide bonds. The summed E-state index contributed by atoms with van der Waals surface area (Å²) in [5.41, 5.74) is 1.72. The van der Waals surface area contributed by atoms with Crippen molar-refractivity contribution < 1.29 is 24.3 Å².